The summed E-state index contributed by atoms with van der Waals surface area (Å²) in [6.07, 6.45) is 4.13. The fourth-order valence-electron chi connectivity index (χ4n) is 5.38. The van der Waals surface area contributed by atoms with Gasteiger partial charge in [0.2, 0.25) is 17.7 Å². The van der Waals surface area contributed by atoms with Crippen molar-refractivity contribution >= 4 is 17.7 Å². The molecule has 0 radical (unpaired) electrons. The molecule has 3 aliphatic rings. The summed E-state index contributed by atoms with van der Waals surface area (Å²) in [5.74, 6) is -0.697. The highest BCUT2D eigenvalue weighted by atomic mass is 19.1. The normalized spacial score (nSPS) is 28.7. The van der Waals surface area contributed by atoms with Gasteiger partial charge in [-0.1, -0.05) is 18.6 Å². The Labute approximate surface area is 177 Å². The Kier molecular flexibility index (Phi) is 5.66. The fraction of sp³-hybridized carbons (Fsp3) is 0.609. The highest BCUT2D eigenvalue weighted by Crippen LogP contribution is 2.42. The molecule has 2 bridgehead atoms. The largest absolute Gasteiger partial charge is 0.339 e. The Bertz CT molecular complexity index is 858. The second kappa shape index (κ2) is 8.10. The second-order valence-corrected chi connectivity index (χ2v) is 9.33. The van der Waals surface area contributed by atoms with Crippen LogP contribution in [0.2, 0.25) is 0 Å². The van der Waals surface area contributed by atoms with E-state index in [1.165, 1.54) is 17.0 Å². The molecule has 7 heteroatoms. The van der Waals surface area contributed by atoms with E-state index in [0.717, 1.165) is 32.2 Å². The van der Waals surface area contributed by atoms with Crippen molar-refractivity contribution < 1.29 is 18.8 Å². The lowest BCUT2D eigenvalue weighted by Gasteiger charge is -2.31. The van der Waals surface area contributed by atoms with E-state index in [0.29, 0.717) is 18.0 Å². The second-order valence-electron chi connectivity index (χ2n) is 9.33. The summed E-state index contributed by atoms with van der Waals surface area (Å²) in [6, 6.07) is 6.06. The van der Waals surface area contributed by atoms with Crippen molar-refractivity contribution in [2.75, 3.05) is 33.7 Å². The van der Waals surface area contributed by atoms with Gasteiger partial charge in [-0.25, -0.2) is 4.39 Å². The zero-order valence-electron chi connectivity index (χ0n) is 17.8. The summed E-state index contributed by atoms with van der Waals surface area (Å²) in [4.78, 5) is 44.8. The van der Waals surface area contributed by atoms with Crippen LogP contribution in [0.3, 0.4) is 0 Å². The molecule has 1 aromatic carbocycles. The molecule has 0 spiro atoms. The number of fused-ring (bicyclic) bond motifs is 2. The summed E-state index contributed by atoms with van der Waals surface area (Å²) in [5, 5.41) is 0. The van der Waals surface area contributed by atoms with Crippen LogP contribution in [0.4, 0.5) is 4.39 Å². The molecule has 30 heavy (non-hydrogen) atoms. The number of likely N-dealkylation sites (tertiary alicyclic amines) is 2. The summed E-state index contributed by atoms with van der Waals surface area (Å²) in [6.45, 7) is 1.54. The lowest BCUT2D eigenvalue weighted by atomic mass is 9.75. The zero-order valence-corrected chi connectivity index (χ0v) is 17.8. The number of hydrogen-bond acceptors (Lipinski definition) is 4. The molecule has 2 heterocycles. The summed E-state index contributed by atoms with van der Waals surface area (Å²) in [7, 11) is 3.75. The summed E-state index contributed by atoms with van der Waals surface area (Å²) < 4.78 is 14.1. The highest BCUT2D eigenvalue weighted by Gasteiger charge is 2.54. The number of carbonyl (C=O) groups excluding carboxylic acids is 3. The van der Waals surface area contributed by atoms with E-state index < -0.39 is 11.2 Å². The van der Waals surface area contributed by atoms with Crippen molar-refractivity contribution in [3.63, 3.8) is 0 Å². The number of imide groups is 1. The average molecular weight is 416 g/mol. The molecule has 4 rings (SSSR count). The summed E-state index contributed by atoms with van der Waals surface area (Å²) in [5.41, 5.74) is -0.900. The molecule has 3 fully saturated rings. The van der Waals surface area contributed by atoms with Crippen LogP contribution in [0, 0.1) is 11.7 Å². The first-order valence-corrected chi connectivity index (χ1v) is 10.9. The number of amides is 3. The van der Waals surface area contributed by atoms with Gasteiger partial charge < -0.3 is 9.80 Å². The van der Waals surface area contributed by atoms with Crippen LogP contribution in [0.5, 0.6) is 0 Å². The van der Waals surface area contributed by atoms with Crippen LogP contribution in [0.25, 0.3) is 0 Å². The van der Waals surface area contributed by atoms with Crippen LogP contribution in [-0.4, -0.2) is 72.2 Å². The van der Waals surface area contributed by atoms with Crippen LogP contribution in [0.15, 0.2) is 24.3 Å². The molecule has 2 saturated heterocycles. The van der Waals surface area contributed by atoms with Gasteiger partial charge in [0, 0.05) is 38.5 Å². The standard InChI is InChI=1S/C23H30FN3O3/c1-25(2)9-10-26-20(28)13-23(22(26)30,17-6-4-7-18(24)12-17)14-21(29)27-15-16-5-3-8-19(27)11-16/h4,6-7,12,16,19H,3,5,8-11,13-15H2,1-2H3/t16-,19+,23+/m0/s1. The number of nitrogens with zero attached hydrogens (tertiary/aromatic N) is 3. The van der Waals surface area contributed by atoms with E-state index in [9.17, 15) is 18.8 Å². The third-order valence-electron chi connectivity index (χ3n) is 6.98. The molecule has 1 aliphatic carbocycles. The third-order valence-corrected chi connectivity index (χ3v) is 6.98. The van der Waals surface area contributed by atoms with Crippen molar-refractivity contribution in [1.29, 1.82) is 0 Å². The average Bonchev–Trinajstić information content (AvgIpc) is 3.13. The first kappa shape index (κ1) is 21.0. The van der Waals surface area contributed by atoms with Gasteiger partial charge in [0.05, 0.1) is 5.41 Å². The number of hydrogen-bond donors (Lipinski definition) is 0. The van der Waals surface area contributed by atoms with Gasteiger partial charge in [-0.15, -0.1) is 0 Å². The number of carbonyl (C=O) groups is 3. The number of benzene rings is 1. The van der Waals surface area contributed by atoms with Gasteiger partial charge in [-0.05, 0) is 57.0 Å². The van der Waals surface area contributed by atoms with Gasteiger partial charge in [-0.2, -0.15) is 0 Å². The van der Waals surface area contributed by atoms with Crippen LogP contribution < -0.4 is 0 Å². The fourth-order valence-corrected chi connectivity index (χ4v) is 5.38. The predicted molar refractivity (Wildman–Crippen MR) is 110 cm³/mol. The molecule has 6 nitrogen and oxygen atoms in total. The van der Waals surface area contributed by atoms with Gasteiger partial charge >= 0.3 is 0 Å². The number of halogens is 1. The van der Waals surface area contributed by atoms with E-state index in [4.69, 9.17) is 0 Å². The first-order chi connectivity index (χ1) is 14.3. The Hall–Kier alpha value is -2.28. The lowest BCUT2D eigenvalue weighted by molar-refractivity contribution is -0.143. The lowest BCUT2D eigenvalue weighted by Crippen LogP contribution is -2.45. The molecule has 0 unspecified atom stereocenters. The molecule has 162 valence electrons. The van der Waals surface area contributed by atoms with Crippen molar-refractivity contribution in [3.05, 3.63) is 35.6 Å². The van der Waals surface area contributed by atoms with Gasteiger partial charge in [0.25, 0.3) is 0 Å². The van der Waals surface area contributed by atoms with Crippen LogP contribution in [0.1, 0.15) is 44.1 Å². The number of rotatable bonds is 6. The van der Waals surface area contributed by atoms with E-state index >= 15 is 0 Å². The molecular weight excluding hydrogens is 385 g/mol. The van der Waals surface area contributed by atoms with Crippen molar-refractivity contribution in [1.82, 2.24) is 14.7 Å². The Morgan fingerprint density at radius 2 is 2.07 bits per heavy atom. The quantitative estimate of drug-likeness (QED) is 0.668. The molecular formula is C23H30FN3O3. The predicted octanol–water partition coefficient (Wildman–Crippen LogP) is 2.18. The van der Waals surface area contributed by atoms with Crippen molar-refractivity contribution in [2.45, 2.75) is 50.0 Å². The molecule has 0 aromatic heterocycles. The molecule has 0 N–H and O–H groups in total. The molecule has 3 atom stereocenters. The number of likely N-dealkylation sites (N-methyl/N-ethyl adjacent to an activating group) is 1. The smallest absolute Gasteiger partial charge is 0.240 e. The Morgan fingerprint density at radius 3 is 2.77 bits per heavy atom. The van der Waals surface area contributed by atoms with E-state index in [1.807, 2.05) is 23.9 Å². The third kappa shape index (κ3) is 3.75. The minimum Gasteiger partial charge on any atom is -0.339 e. The maximum absolute atomic E-state index is 14.1. The summed E-state index contributed by atoms with van der Waals surface area (Å²) >= 11 is 0. The molecule has 2 aliphatic heterocycles. The monoisotopic (exact) mass is 415 g/mol. The first-order valence-electron chi connectivity index (χ1n) is 10.9. The SMILES string of the molecule is CN(C)CCN1C(=O)C[C@@](CC(=O)N2C[C@H]3CCC[C@@H]2C3)(c2cccc(F)c2)C1=O. The van der Waals surface area contributed by atoms with E-state index in [-0.39, 0.29) is 43.1 Å². The Morgan fingerprint density at radius 1 is 1.27 bits per heavy atom. The molecule has 1 saturated carbocycles. The van der Waals surface area contributed by atoms with Crippen molar-refractivity contribution in [3.8, 4) is 0 Å². The van der Waals surface area contributed by atoms with Crippen LogP contribution in [-0.2, 0) is 19.8 Å². The molecule has 1 aromatic rings. The van der Waals surface area contributed by atoms with E-state index in [2.05, 4.69) is 0 Å². The molecule has 3 amide bonds. The van der Waals surface area contributed by atoms with Crippen LogP contribution >= 0.6 is 0 Å². The van der Waals surface area contributed by atoms with E-state index in [1.54, 1.807) is 12.1 Å². The minimum atomic E-state index is -1.32. The zero-order chi connectivity index (χ0) is 21.5. The minimum absolute atomic E-state index is 0.0806. The maximum atomic E-state index is 14.1. The Balaban J connectivity index is 1.64. The maximum Gasteiger partial charge on any atom is 0.240 e. The van der Waals surface area contributed by atoms with Gasteiger partial charge in [-0.3, -0.25) is 19.3 Å². The highest BCUT2D eigenvalue weighted by molar-refractivity contribution is 6.10. The van der Waals surface area contributed by atoms with Crippen molar-refractivity contribution in [2.24, 2.45) is 5.92 Å². The van der Waals surface area contributed by atoms with Gasteiger partial charge in [0.1, 0.15) is 5.82 Å². The van der Waals surface area contributed by atoms with Gasteiger partial charge in [0.15, 0.2) is 0 Å². The topological polar surface area (TPSA) is 60.9 Å².